The van der Waals surface area contributed by atoms with Crippen molar-refractivity contribution in [2.75, 3.05) is 13.2 Å². The van der Waals surface area contributed by atoms with Crippen molar-refractivity contribution in [3.05, 3.63) is 24.3 Å². The zero-order chi connectivity index (χ0) is 49.3. The molecule has 6 nitrogen and oxygen atoms in total. The lowest BCUT2D eigenvalue weighted by molar-refractivity contribution is -0.143. The van der Waals surface area contributed by atoms with E-state index in [0.29, 0.717) is 25.9 Å². The summed E-state index contributed by atoms with van der Waals surface area (Å²) in [4.78, 5) is 24.6. The maximum absolute atomic E-state index is 12.5. The first-order valence-electron chi connectivity index (χ1n) is 30.6. The van der Waals surface area contributed by atoms with E-state index in [4.69, 9.17) is 4.74 Å². The molecule has 0 aromatic heterocycles. The maximum Gasteiger partial charge on any atom is 0.305 e. The first-order chi connectivity index (χ1) is 33.5. The Balaban J connectivity index is 3.37. The van der Waals surface area contributed by atoms with E-state index in [2.05, 4.69) is 43.5 Å². The molecule has 1 amide bonds. The number of hydrogen-bond acceptors (Lipinski definition) is 5. The molecule has 2 atom stereocenters. The largest absolute Gasteiger partial charge is 0.466 e. The molecular weight excluding hydrogens is 839 g/mol. The molecule has 0 aliphatic carbocycles. The molecule has 6 heteroatoms. The van der Waals surface area contributed by atoms with Crippen LogP contribution in [-0.4, -0.2) is 47.4 Å². The summed E-state index contributed by atoms with van der Waals surface area (Å²) in [6.45, 7) is 4.93. The van der Waals surface area contributed by atoms with Crippen molar-refractivity contribution in [1.29, 1.82) is 0 Å². The van der Waals surface area contributed by atoms with Crippen molar-refractivity contribution in [3.8, 4) is 0 Å². The predicted molar refractivity (Wildman–Crippen MR) is 296 cm³/mol. The second-order valence-electron chi connectivity index (χ2n) is 21.0. The first-order valence-corrected chi connectivity index (χ1v) is 30.6. The summed E-state index contributed by atoms with van der Waals surface area (Å²) in [5.41, 5.74) is 0. The smallest absolute Gasteiger partial charge is 0.305 e. The second kappa shape index (κ2) is 57.9. The summed E-state index contributed by atoms with van der Waals surface area (Å²) in [5.74, 6) is -0.0311. The first kappa shape index (κ1) is 66.3. The van der Waals surface area contributed by atoms with Crippen molar-refractivity contribution in [2.24, 2.45) is 0 Å². The van der Waals surface area contributed by atoms with Gasteiger partial charge in [-0.15, -0.1) is 0 Å². The van der Waals surface area contributed by atoms with E-state index >= 15 is 0 Å². The van der Waals surface area contributed by atoms with Crippen LogP contribution in [0.25, 0.3) is 0 Å². The quantitative estimate of drug-likeness (QED) is 0.0321. The molecule has 0 saturated heterocycles. The number of carbonyl (C=O) groups excluding carboxylic acids is 2. The number of aliphatic hydroxyl groups is 2. The standard InChI is InChI=1S/C62H119NO5/c1-3-5-7-9-11-13-15-17-18-19-21-25-28-32-36-40-44-48-52-56-62(67)68-57-53-49-45-41-37-33-29-26-23-20-22-24-27-31-35-39-43-47-51-55-61(66)63-59(58-64)60(65)54-50-46-42-38-34-30-16-14-12-10-8-6-4-2/h11,13,17-18,59-60,64-65H,3-10,12,14-16,19-58H2,1-2H3,(H,63,66)/b13-11-,18-17-. The minimum Gasteiger partial charge on any atom is -0.466 e. The fraction of sp³-hybridized carbons (Fsp3) is 0.903. The Hall–Kier alpha value is -1.66. The molecule has 68 heavy (non-hydrogen) atoms. The van der Waals surface area contributed by atoms with Crippen LogP contribution in [0.15, 0.2) is 24.3 Å². The Kier molecular flexibility index (Phi) is 56.5. The average molecular weight is 959 g/mol. The monoisotopic (exact) mass is 958 g/mol. The van der Waals surface area contributed by atoms with Crippen molar-refractivity contribution in [2.45, 2.75) is 347 Å². The van der Waals surface area contributed by atoms with Gasteiger partial charge >= 0.3 is 5.97 Å². The number of nitrogens with one attached hydrogen (secondary N) is 1. The lowest BCUT2D eigenvalue weighted by Gasteiger charge is -2.22. The fourth-order valence-electron chi connectivity index (χ4n) is 9.55. The van der Waals surface area contributed by atoms with Crippen molar-refractivity contribution >= 4 is 11.9 Å². The third kappa shape index (κ3) is 53.7. The lowest BCUT2D eigenvalue weighted by Crippen LogP contribution is -2.45. The Morgan fingerprint density at radius 1 is 0.412 bits per heavy atom. The molecule has 0 aromatic rings. The molecule has 0 bridgehead atoms. The van der Waals surface area contributed by atoms with Gasteiger partial charge in [0.2, 0.25) is 5.91 Å². The van der Waals surface area contributed by atoms with E-state index < -0.39 is 12.1 Å². The summed E-state index contributed by atoms with van der Waals surface area (Å²) in [6.07, 6.45) is 70.3. The molecule has 3 N–H and O–H groups in total. The van der Waals surface area contributed by atoms with Gasteiger partial charge in [0.05, 0.1) is 25.4 Å². The normalized spacial score (nSPS) is 12.7. The van der Waals surface area contributed by atoms with Crippen LogP contribution in [0.5, 0.6) is 0 Å². The zero-order valence-corrected chi connectivity index (χ0v) is 45.9. The van der Waals surface area contributed by atoms with Crippen LogP contribution in [0.4, 0.5) is 0 Å². The topological polar surface area (TPSA) is 95.9 Å². The molecule has 402 valence electrons. The fourth-order valence-corrected chi connectivity index (χ4v) is 9.55. The summed E-state index contributed by atoms with van der Waals surface area (Å²) >= 11 is 0. The van der Waals surface area contributed by atoms with E-state index in [1.54, 1.807) is 0 Å². The number of carbonyl (C=O) groups is 2. The van der Waals surface area contributed by atoms with Crippen LogP contribution in [0.3, 0.4) is 0 Å². The molecule has 0 radical (unpaired) electrons. The van der Waals surface area contributed by atoms with E-state index in [0.717, 1.165) is 51.4 Å². The van der Waals surface area contributed by atoms with Crippen LogP contribution >= 0.6 is 0 Å². The summed E-state index contributed by atoms with van der Waals surface area (Å²) in [5, 5.41) is 23.2. The lowest BCUT2D eigenvalue weighted by atomic mass is 10.0. The van der Waals surface area contributed by atoms with Gasteiger partial charge in [-0.3, -0.25) is 9.59 Å². The summed E-state index contributed by atoms with van der Waals surface area (Å²) < 4.78 is 5.50. The van der Waals surface area contributed by atoms with Gasteiger partial charge in [-0.25, -0.2) is 0 Å². The van der Waals surface area contributed by atoms with Crippen LogP contribution in [-0.2, 0) is 14.3 Å². The number of allylic oxidation sites excluding steroid dienone is 4. The van der Waals surface area contributed by atoms with Gasteiger partial charge in [-0.05, 0) is 57.8 Å². The number of rotatable bonds is 57. The van der Waals surface area contributed by atoms with Gasteiger partial charge in [-0.1, -0.05) is 289 Å². The van der Waals surface area contributed by atoms with Crippen LogP contribution in [0, 0.1) is 0 Å². The Morgan fingerprint density at radius 2 is 0.735 bits per heavy atom. The molecule has 0 aliphatic rings. The highest BCUT2D eigenvalue weighted by atomic mass is 16.5. The molecule has 0 rings (SSSR count). The third-order valence-electron chi connectivity index (χ3n) is 14.3. The summed E-state index contributed by atoms with van der Waals surface area (Å²) in [7, 11) is 0. The van der Waals surface area contributed by atoms with Crippen molar-refractivity contribution < 1.29 is 24.5 Å². The summed E-state index contributed by atoms with van der Waals surface area (Å²) in [6, 6.07) is -0.543. The highest BCUT2D eigenvalue weighted by molar-refractivity contribution is 5.76. The molecule has 2 unspecified atom stereocenters. The molecule has 0 heterocycles. The minimum atomic E-state index is -0.665. The Labute approximate surface area is 424 Å². The molecular formula is C62H119NO5. The van der Waals surface area contributed by atoms with Crippen LogP contribution in [0.2, 0.25) is 0 Å². The number of amides is 1. The molecule has 0 saturated carbocycles. The maximum atomic E-state index is 12.5. The van der Waals surface area contributed by atoms with Gasteiger partial charge in [-0.2, -0.15) is 0 Å². The van der Waals surface area contributed by atoms with Crippen LogP contribution in [0.1, 0.15) is 335 Å². The van der Waals surface area contributed by atoms with Crippen LogP contribution < -0.4 is 5.32 Å². The average Bonchev–Trinajstić information content (AvgIpc) is 3.34. The van der Waals surface area contributed by atoms with E-state index in [1.807, 2.05) is 0 Å². The van der Waals surface area contributed by atoms with Crippen molar-refractivity contribution in [3.63, 3.8) is 0 Å². The Morgan fingerprint density at radius 3 is 1.15 bits per heavy atom. The molecule has 0 fully saturated rings. The molecule has 0 aromatic carbocycles. The highest BCUT2D eigenvalue weighted by Crippen LogP contribution is 2.18. The zero-order valence-electron chi connectivity index (χ0n) is 45.9. The predicted octanol–water partition coefficient (Wildman–Crippen LogP) is 19.0. The number of ether oxygens (including phenoxy) is 1. The second-order valence-corrected chi connectivity index (χ2v) is 21.0. The van der Waals surface area contributed by atoms with Crippen molar-refractivity contribution in [1.82, 2.24) is 5.32 Å². The van der Waals surface area contributed by atoms with Gasteiger partial charge in [0.1, 0.15) is 0 Å². The number of unbranched alkanes of at least 4 members (excludes halogenated alkanes) is 42. The number of hydrogen-bond donors (Lipinski definition) is 3. The van der Waals surface area contributed by atoms with E-state index in [1.165, 1.54) is 250 Å². The van der Waals surface area contributed by atoms with E-state index in [9.17, 15) is 19.8 Å². The number of esters is 1. The minimum absolute atomic E-state index is 0.00570. The number of aliphatic hydroxyl groups excluding tert-OH is 2. The molecule has 0 aliphatic heterocycles. The SMILES string of the molecule is CCCCC/C=C\C/C=C\CCCCCCCCCCCC(=O)OCCCCCCCCCCCCCCCCCCCCCC(=O)NC(CO)C(O)CCCCCCCCCCCCCCC. The Bertz CT molecular complexity index is 1060. The van der Waals surface area contributed by atoms with Gasteiger partial charge in [0, 0.05) is 12.8 Å². The third-order valence-corrected chi connectivity index (χ3v) is 14.3. The van der Waals surface area contributed by atoms with Gasteiger partial charge in [0.15, 0.2) is 0 Å². The van der Waals surface area contributed by atoms with E-state index in [-0.39, 0.29) is 18.5 Å². The molecule has 0 spiro atoms. The highest BCUT2D eigenvalue weighted by Gasteiger charge is 2.20. The van der Waals surface area contributed by atoms with Gasteiger partial charge in [0.25, 0.3) is 0 Å². The van der Waals surface area contributed by atoms with Gasteiger partial charge < -0.3 is 20.3 Å².